The Bertz CT molecular complexity index is 443. The second-order valence-electron chi connectivity index (χ2n) is 4.09. The van der Waals surface area contributed by atoms with Gasteiger partial charge in [0.25, 0.3) is 0 Å². The lowest BCUT2D eigenvalue weighted by Crippen LogP contribution is -2.38. The number of aryl methyl sites for hydroxylation is 2. The van der Waals surface area contributed by atoms with Gasteiger partial charge in [0.2, 0.25) is 6.20 Å². The molecule has 0 aliphatic carbocycles. The van der Waals surface area contributed by atoms with Gasteiger partial charge < -0.3 is 0 Å². The Morgan fingerprint density at radius 3 is 2.80 bits per heavy atom. The first-order chi connectivity index (χ1) is 7.33. The smallest absolute Gasteiger partial charge is 0.153 e. The van der Waals surface area contributed by atoms with E-state index < -0.39 is 0 Å². The van der Waals surface area contributed by atoms with E-state index in [0.29, 0.717) is 0 Å². The van der Waals surface area contributed by atoms with E-state index in [-0.39, 0.29) is 0 Å². The van der Waals surface area contributed by atoms with Crippen LogP contribution in [-0.2, 0) is 13.6 Å². The molecule has 0 aliphatic rings. The van der Waals surface area contributed by atoms with Crippen LogP contribution in [0.4, 0.5) is 0 Å². The second-order valence-corrected chi connectivity index (χ2v) is 4.09. The molecule has 2 rings (SSSR count). The third kappa shape index (κ3) is 2.04. The molecule has 0 unspecified atom stereocenters. The van der Waals surface area contributed by atoms with Gasteiger partial charge in [-0.3, -0.25) is 0 Å². The van der Waals surface area contributed by atoms with Crippen molar-refractivity contribution >= 4 is 10.9 Å². The van der Waals surface area contributed by atoms with E-state index in [1.54, 1.807) is 0 Å². The second kappa shape index (κ2) is 4.47. The minimum atomic E-state index is 1.12. The van der Waals surface area contributed by atoms with E-state index in [0.717, 1.165) is 6.54 Å². The Labute approximate surface area is 91.1 Å². The first-order valence-corrected chi connectivity index (χ1v) is 5.77. The number of unbranched alkanes of at least 4 members (excludes halogenated alkanes) is 2. The van der Waals surface area contributed by atoms with Crippen LogP contribution in [-0.4, -0.2) is 4.68 Å². The molecular formula is C13H19N2+. The highest BCUT2D eigenvalue weighted by Gasteiger charge is 2.10. The van der Waals surface area contributed by atoms with E-state index in [1.165, 1.54) is 30.2 Å². The first-order valence-electron chi connectivity index (χ1n) is 5.77. The maximum atomic E-state index is 2.35. The maximum Gasteiger partial charge on any atom is 0.203 e. The Kier molecular flexibility index (Phi) is 3.05. The largest absolute Gasteiger partial charge is 0.203 e. The summed E-state index contributed by atoms with van der Waals surface area (Å²) in [6, 6.07) is 8.57. The van der Waals surface area contributed by atoms with Crippen molar-refractivity contribution in [3.8, 4) is 0 Å². The van der Waals surface area contributed by atoms with Crippen LogP contribution in [0.1, 0.15) is 26.2 Å². The molecule has 0 bridgehead atoms. The molecule has 0 fully saturated rings. The normalized spacial score (nSPS) is 11.1. The molecule has 0 saturated carbocycles. The van der Waals surface area contributed by atoms with Gasteiger partial charge in [-0.05, 0) is 18.6 Å². The van der Waals surface area contributed by atoms with Crippen molar-refractivity contribution in [3.63, 3.8) is 0 Å². The van der Waals surface area contributed by atoms with Crippen LogP contribution >= 0.6 is 0 Å². The Morgan fingerprint density at radius 1 is 1.20 bits per heavy atom. The number of hydrogen-bond donors (Lipinski definition) is 0. The topological polar surface area (TPSA) is 8.81 Å². The fourth-order valence-corrected chi connectivity index (χ4v) is 2.06. The Balaban J connectivity index is 2.28. The molecule has 0 spiro atoms. The zero-order valence-electron chi connectivity index (χ0n) is 9.61. The Morgan fingerprint density at radius 2 is 2.00 bits per heavy atom. The van der Waals surface area contributed by atoms with Gasteiger partial charge in [0.05, 0.1) is 11.9 Å². The van der Waals surface area contributed by atoms with Gasteiger partial charge in [0, 0.05) is 0 Å². The van der Waals surface area contributed by atoms with Crippen LogP contribution in [0.5, 0.6) is 0 Å². The maximum absolute atomic E-state index is 2.35. The molecule has 15 heavy (non-hydrogen) atoms. The van der Waals surface area contributed by atoms with Crippen LogP contribution in [0.3, 0.4) is 0 Å². The summed E-state index contributed by atoms with van der Waals surface area (Å²) in [7, 11) is 2.12. The highest BCUT2D eigenvalue weighted by molar-refractivity contribution is 5.77. The van der Waals surface area contributed by atoms with Crippen LogP contribution in [0.25, 0.3) is 10.9 Å². The van der Waals surface area contributed by atoms with Gasteiger partial charge in [0.1, 0.15) is 5.52 Å². The summed E-state index contributed by atoms with van der Waals surface area (Å²) < 4.78 is 4.55. The molecular weight excluding hydrogens is 184 g/mol. The molecule has 0 amide bonds. The summed E-state index contributed by atoms with van der Waals surface area (Å²) >= 11 is 0. The van der Waals surface area contributed by atoms with Crippen molar-refractivity contribution in [1.29, 1.82) is 0 Å². The predicted molar refractivity (Wildman–Crippen MR) is 62.6 cm³/mol. The number of benzene rings is 1. The lowest BCUT2D eigenvalue weighted by Gasteiger charge is -2.00. The minimum Gasteiger partial charge on any atom is -0.153 e. The van der Waals surface area contributed by atoms with E-state index in [2.05, 4.69) is 53.8 Å². The third-order valence-corrected chi connectivity index (χ3v) is 2.90. The van der Waals surface area contributed by atoms with Crippen molar-refractivity contribution in [1.82, 2.24) is 4.68 Å². The first kappa shape index (κ1) is 10.2. The number of aromatic nitrogens is 2. The SMILES string of the molecule is CCCCCn1c2ccccc2c[n+]1C. The van der Waals surface area contributed by atoms with E-state index in [4.69, 9.17) is 0 Å². The summed E-state index contributed by atoms with van der Waals surface area (Å²) in [6.07, 6.45) is 6.06. The van der Waals surface area contributed by atoms with Crippen molar-refractivity contribution in [2.75, 3.05) is 0 Å². The monoisotopic (exact) mass is 203 g/mol. The van der Waals surface area contributed by atoms with E-state index in [9.17, 15) is 0 Å². The summed E-state index contributed by atoms with van der Waals surface area (Å²) in [5, 5.41) is 1.33. The highest BCUT2D eigenvalue weighted by Crippen LogP contribution is 2.12. The van der Waals surface area contributed by atoms with Crippen molar-refractivity contribution in [2.45, 2.75) is 32.7 Å². The van der Waals surface area contributed by atoms with Gasteiger partial charge in [0.15, 0.2) is 7.05 Å². The van der Waals surface area contributed by atoms with Crippen LogP contribution < -0.4 is 4.68 Å². The fraction of sp³-hybridized carbons (Fsp3) is 0.462. The number of hydrogen-bond acceptors (Lipinski definition) is 0. The van der Waals surface area contributed by atoms with Gasteiger partial charge in [-0.2, -0.15) is 4.68 Å². The average molecular weight is 203 g/mol. The number of para-hydroxylation sites is 1. The standard InChI is InChI=1S/C13H19N2/c1-3-4-7-10-15-13-9-6-5-8-12(13)11-14(15)2/h5-6,8-9,11H,3-4,7,10H2,1-2H3/q+1. The zero-order chi connectivity index (χ0) is 10.7. The molecule has 2 aromatic rings. The quantitative estimate of drug-likeness (QED) is 0.533. The molecule has 2 nitrogen and oxygen atoms in total. The summed E-state index contributed by atoms with van der Waals surface area (Å²) in [5.74, 6) is 0. The van der Waals surface area contributed by atoms with Crippen LogP contribution in [0.15, 0.2) is 30.5 Å². The van der Waals surface area contributed by atoms with E-state index >= 15 is 0 Å². The number of fused-ring (bicyclic) bond motifs is 1. The zero-order valence-corrected chi connectivity index (χ0v) is 9.61. The van der Waals surface area contributed by atoms with Gasteiger partial charge in [-0.25, -0.2) is 0 Å². The summed E-state index contributed by atoms with van der Waals surface area (Å²) in [4.78, 5) is 0. The third-order valence-electron chi connectivity index (χ3n) is 2.90. The summed E-state index contributed by atoms with van der Waals surface area (Å²) in [6.45, 7) is 3.37. The molecule has 1 heterocycles. The lowest BCUT2D eigenvalue weighted by atomic mass is 10.2. The lowest BCUT2D eigenvalue weighted by molar-refractivity contribution is -0.751. The molecule has 1 aromatic heterocycles. The van der Waals surface area contributed by atoms with Crippen molar-refractivity contribution in [2.24, 2.45) is 7.05 Å². The highest BCUT2D eigenvalue weighted by atomic mass is 15.4. The molecule has 0 atom stereocenters. The molecule has 0 aliphatic heterocycles. The number of rotatable bonds is 4. The molecule has 0 N–H and O–H groups in total. The van der Waals surface area contributed by atoms with Gasteiger partial charge >= 0.3 is 0 Å². The molecule has 0 radical (unpaired) electrons. The number of nitrogens with zero attached hydrogens (tertiary/aromatic N) is 2. The van der Waals surface area contributed by atoms with Crippen LogP contribution in [0, 0.1) is 0 Å². The average Bonchev–Trinajstić information content (AvgIpc) is 2.56. The molecule has 2 heteroatoms. The Hall–Kier alpha value is -1.31. The van der Waals surface area contributed by atoms with Crippen molar-refractivity contribution in [3.05, 3.63) is 30.5 Å². The van der Waals surface area contributed by atoms with E-state index in [1.807, 2.05) is 0 Å². The van der Waals surface area contributed by atoms with Gasteiger partial charge in [-0.15, -0.1) is 4.68 Å². The minimum absolute atomic E-state index is 1.12. The molecule has 1 aromatic carbocycles. The fourth-order valence-electron chi connectivity index (χ4n) is 2.06. The van der Waals surface area contributed by atoms with Crippen LogP contribution in [0.2, 0.25) is 0 Å². The summed E-state index contributed by atoms with van der Waals surface area (Å²) in [5.41, 5.74) is 1.34. The van der Waals surface area contributed by atoms with Gasteiger partial charge in [-0.1, -0.05) is 31.9 Å². The molecule has 80 valence electrons. The predicted octanol–water partition coefficient (Wildman–Crippen LogP) is 2.66. The molecule has 0 saturated heterocycles. The van der Waals surface area contributed by atoms with Crippen molar-refractivity contribution < 1.29 is 4.68 Å².